The van der Waals surface area contributed by atoms with Crippen LogP contribution in [0.15, 0.2) is 36.4 Å². The summed E-state index contributed by atoms with van der Waals surface area (Å²) in [5.41, 5.74) is 5.39. The van der Waals surface area contributed by atoms with Crippen molar-refractivity contribution in [1.82, 2.24) is 5.32 Å². The summed E-state index contributed by atoms with van der Waals surface area (Å²) in [5, 5.41) is 3.27. The van der Waals surface area contributed by atoms with Crippen molar-refractivity contribution in [2.45, 2.75) is 38.3 Å². The van der Waals surface area contributed by atoms with Gasteiger partial charge in [-0.15, -0.1) is 0 Å². The SMILES string of the molecule is COc1ccc([C@H](N[C@H](C)CC(N)=O)C2CC2)c(F)c1C(=O)c1cccc(F)c1. The van der Waals surface area contributed by atoms with Crippen LogP contribution in [0.1, 0.15) is 53.7 Å². The Labute approximate surface area is 168 Å². The Morgan fingerprint density at radius 1 is 1.24 bits per heavy atom. The number of benzene rings is 2. The molecule has 2 aromatic rings. The molecule has 0 aromatic heterocycles. The van der Waals surface area contributed by atoms with Gasteiger partial charge in [-0.3, -0.25) is 9.59 Å². The van der Waals surface area contributed by atoms with E-state index in [1.54, 1.807) is 19.1 Å². The van der Waals surface area contributed by atoms with E-state index >= 15 is 4.39 Å². The predicted octanol–water partition coefficient (Wildman–Crippen LogP) is 3.51. The van der Waals surface area contributed by atoms with Crippen LogP contribution in [0.2, 0.25) is 0 Å². The van der Waals surface area contributed by atoms with Gasteiger partial charge in [0.25, 0.3) is 0 Å². The summed E-state index contributed by atoms with van der Waals surface area (Å²) >= 11 is 0. The molecular weight excluding hydrogens is 378 g/mol. The highest BCUT2D eigenvalue weighted by atomic mass is 19.1. The molecule has 2 atom stereocenters. The van der Waals surface area contributed by atoms with E-state index < -0.39 is 23.3 Å². The average molecular weight is 402 g/mol. The second-order valence-electron chi connectivity index (χ2n) is 7.44. The number of ether oxygens (including phenoxy) is 1. The Morgan fingerprint density at radius 2 is 1.97 bits per heavy atom. The molecule has 1 saturated carbocycles. The lowest BCUT2D eigenvalue weighted by Gasteiger charge is -2.25. The van der Waals surface area contributed by atoms with E-state index in [0.29, 0.717) is 5.56 Å². The van der Waals surface area contributed by atoms with Crippen LogP contribution in [0.4, 0.5) is 8.78 Å². The van der Waals surface area contributed by atoms with Crippen molar-refractivity contribution in [3.63, 3.8) is 0 Å². The highest BCUT2D eigenvalue weighted by Crippen LogP contribution is 2.43. The Bertz CT molecular complexity index is 928. The predicted molar refractivity (Wildman–Crippen MR) is 105 cm³/mol. The van der Waals surface area contributed by atoms with Crippen LogP contribution in [-0.2, 0) is 4.79 Å². The number of primary amides is 1. The number of amides is 1. The van der Waals surface area contributed by atoms with E-state index in [1.165, 1.54) is 25.3 Å². The summed E-state index contributed by atoms with van der Waals surface area (Å²) in [6.07, 6.45) is 1.95. The van der Waals surface area contributed by atoms with Crippen molar-refractivity contribution in [2.75, 3.05) is 7.11 Å². The molecule has 3 N–H and O–H groups in total. The zero-order valence-electron chi connectivity index (χ0n) is 16.4. The fourth-order valence-electron chi connectivity index (χ4n) is 3.55. The van der Waals surface area contributed by atoms with E-state index in [-0.39, 0.29) is 41.3 Å². The number of hydrogen-bond acceptors (Lipinski definition) is 4. The monoisotopic (exact) mass is 402 g/mol. The molecule has 7 heteroatoms. The van der Waals surface area contributed by atoms with E-state index in [4.69, 9.17) is 10.5 Å². The second kappa shape index (κ2) is 8.69. The van der Waals surface area contributed by atoms with Gasteiger partial charge in [-0.1, -0.05) is 18.2 Å². The number of ketones is 1. The summed E-state index contributed by atoms with van der Waals surface area (Å²) in [6, 6.07) is 7.63. The van der Waals surface area contributed by atoms with Crippen LogP contribution in [0.25, 0.3) is 0 Å². The maximum Gasteiger partial charge on any atom is 0.218 e. The van der Waals surface area contributed by atoms with Gasteiger partial charge >= 0.3 is 0 Å². The van der Waals surface area contributed by atoms with Gasteiger partial charge in [0.2, 0.25) is 5.91 Å². The number of rotatable bonds is 9. The van der Waals surface area contributed by atoms with Crippen LogP contribution < -0.4 is 15.8 Å². The van der Waals surface area contributed by atoms with Crippen LogP contribution >= 0.6 is 0 Å². The molecule has 0 bridgehead atoms. The molecular formula is C22H24F2N2O3. The third-order valence-corrected chi connectivity index (χ3v) is 5.07. The number of carbonyl (C=O) groups excluding carboxylic acids is 2. The van der Waals surface area contributed by atoms with Crippen LogP contribution in [0, 0.1) is 17.6 Å². The van der Waals surface area contributed by atoms with Gasteiger partial charge in [0.1, 0.15) is 22.9 Å². The molecule has 0 radical (unpaired) electrons. The lowest BCUT2D eigenvalue weighted by molar-refractivity contribution is -0.118. The number of carbonyl (C=O) groups is 2. The fourth-order valence-corrected chi connectivity index (χ4v) is 3.55. The van der Waals surface area contributed by atoms with Crippen molar-refractivity contribution in [3.8, 4) is 5.75 Å². The highest BCUT2D eigenvalue weighted by molar-refractivity contribution is 6.11. The zero-order valence-corrected chi connectivity index (χ0v) is 16.4. The summed E-state index contributed by atoms with van der Waals surface area (Å²) < 4.78 is 34.4. The van der Waals surface area contributed by atoms with Gasteiger partial charge in [-0.2, -0.15) is 0 Å². The molecule has 0 spiro atoms. The summed E-state index contributed by atoms with van der Waals surface area (Å²) in [4.78, 5) is 24.2. The number of hydrogen-bond donors (Lipinski definition) is 2. The van der Waals surface area contributed by atoms with E-state index in [1.807, 2.05) is 0 Å². The number of nitrogens with one attached hydrogen (secondary N) is 1. The molecule has 0 unspecified atom stereocenters. The molecule has 154 valence electrons. The Morgan fingerprint density at radius 3 is 2.55 bits per heavy atom. The topological polar surface area (TPSA) is 81.4 Å². The van der Waals surface area contributed by atoms with Gasteiger partial charge in [0.15, 0.2) is 5.78 Å². The lowest BCUT2D eigenvalue weighted by Crippen LogP contribution is -2.35. The van der Waals surface area contributed by atoms with E-state index in [9.17, 15) is 14.0 Å². The Kier molecular flexibility index (Phi) is 6.27. The quantitative estimate of drug-likeness (QED) is 0.629. The first kappa shape index (κ1) is 20.9. The fraction of sp³-hybridized carbons (Fsp3) is 0.364. The first-order valence-electron chi connectivity index (χ1n) is 9.52. The molecule has 0 aliphatic heterocycles. The molecule has 0 heterocycles. The van der Waals surface area contributed by atoms with Gasteiger partial charge < -0.3 is 15.8 Å². The highest BCUT2D eigenvalue weighted by Gasteiger charge is 2.36. The van der Waals surface area contributed by atoms with Crippen molar-refractivity contribution in [2.24, 2.45) is 11.7 Å². The van der Waals surface area contributed by atoms with Gasteiger partial charge in [-0.25, -0.2) is 8.78 Å². The minimum atomic E-state index is -0.700. The van der Waals surface area contributed by atoms with Crippen molar-refractivity contribution >= 4 is 11.7 Å². The second-order valence-corrected chi connectivity index (χ2v) is 7.44. The van der Waals surface area contributed by atoms with Crippen LogP contribution in [-0.4, -0.2) is 24.8 Å². The van der Waals surface area contributed by atoms with Crippen molar-refractivity contribution < 1.29 is 23.1 Å². The van der Waals surface area contributed by atoms with E-state index in [2.05, 4.69) is 5.32 Å². The number of methoxy groups -OCH3 is 1. The lowest BCUT2D eigenvalue weighted by atomic mass is 9.94. The summed E-state index contributed by atoms with van der Waals surface area (Å²) in [7, 11) is 1.35. The van der Waals surface area contributed by atoms with Crippen molar-refractivity contribution in [1.29, 1.82) is 0 Å². The third-order valence-electron chi connectivity index (χ3n) is 5.07. The average Bonchev–Trinajstić information content (AvgIpc) is 3.50. The molecule has 1 aliphatic rings. The molecule has 1 fully saturated rings. The maximum absolute atomic E-state index is 15.6. The number of halogens is 2. The Balaban J connectivity index is 2.01. The molecule has 0 saturated heterocycles. The standard InChI is InChI=1S/C22H24F2N2O3/c1-12(10-18(25)27)26-21(13-6-7-13)16-8-9-17(29-2)19(20(16)24)22(28)14-4-3-5-15(23)11-14/h3-5,8-9,11-13,21,26H,6-7,10H2,1-2H3,(H2,25,27)/t12-,21-/m1/s1. The normalized spacial score (nSPS) is 15.6. The van der Waals surface area contributed by atoms with Gasteiger partial charge in [0, 0.05) is 29.6 Å². The van der Waals surface area contributed by atoms with Crippen LogP contribution in [0.5, 0.6) is 5.75 Å². The molecule has 29 heavy (non-hydrogen) atoms. The molecule has 5 nitrogen and oxygen atoms in total. The van der Waals surface area contributed by atoms with Crippen LogP contribution in [0.3, 0.4) is 0 Å². The zero-order chi connectivity index (χ0) is 21.1. The largest absolute Gasteiger partial charge is 0.496 e. The minimum absolute atomic E-state index is 0.0392. The molecule has 1 aliphatic carbocycles. The third kappa shape index (κ3) is 4.79. The first-order chi connectivity index (χ1) is 13.8. The maximum atomic E-state index is 15.6. The molecule has 2 aromatic carbocycles. The molecule has 3 rings (SSSR count). The smallest absolute Gasteiger partial charge is 0.218 e. The summed E-state index contributed by atoms with van der Waals surface area (Å²) in [5.74, 6) is -2.10. The first-order valence-corrected chi connectivity index (χ1v) is 9.52. The minimum Gasteiger partial charge on any atom is -0.496 e. The number of nitrogens with two attached hydrogens (primary N) is 1. The Hall–Kier alpha value is -2.80. The van der Waals surface area contributed by atoms with Gasteiger partial charge in [0.05, 0.1) is 7.11 Å². The summed E-state index contributed by atoms with van der Waals surface area (Å²) in [6.45, 7) is 1.81. The van der Waals surface area contributed by atoms with E-state index in [0.717, 1.165) is 18.9 Å². The molecule has 1 amide bonds. The van der Waals surface area contributed by atoms with Gasteiger partial charge in [-0.05, 0) is 43.9 Å². The van der Waals surface area contributed by atoms with Crippen molar-refractivity contribution in [3.05, 3.63) is 64.7 Å².